The molecule has 0 aliphatic rings. The summed E-state index contributed by atoms with van der Waals surface area (Å²) in [4.78, 5) is 3.95. The number of alkyl halides is 3. The van der Waals surface area contributed by atoms with E-state index >= 15 is 0 Å². The summed E-state index contributed by atoms with van der Waals surface area (Å²) in [6.07, 6.45) is -4.67. The number of halogens is 3. The number of phenolic OH excluding ortho intramolecular Hbond substituents is 2. The number of aromatic nitrogens is 1. The predicted octanol–water partition coefficient (Wildman–Crippen LogP) is 3.82. The number of phenols is 2. The zero-order chi connectivity index (χ0) is 14.5. The summed E-state index contributed by atoms with van der Waals surface area (Å²) < 4.78 is 39.0. The van der Waals surface area contributed by atoms with E-state index < -0.39 is 23.2 Å². The minimum atomic E-state index is -4.67. The summed E-state index contributed by atoms with van der Waals surface area (Å²) in [6.45, 7) is 0. The minimum Gasteiger partial charge on any atom is -0.504 e. The van der Waals surface area contributed by atoms with E-state index in [1.165, 1.54) is 6.07 Å². The molecule has 102 valence electrons. The van der Waals surface area contributed by atoms with Crippen LogP contribution in [0.15, 0.2) is 36.4 Å². The molecule has 0 saturated carbocycles. The van der Waals surface area contributed by atoms with Crippen molar-refractivity contribution in [2.24, 2.45) is 0 Å². The van der Waals surface area contributed by atoms with Crippen LogP contribution in [0.25, 0.3) is 21.8 Å². The van der Waals surface area contributed by atoms with Gasteiger partial charge in [0.2, 0.25) is 0 Å². The average molecular weight is 279 g/mol. The molecule has 0 spiro atoms. The highest BCUT2D eigenvalue weighted by molar-refractivity contribution is 5.98. The van der Waals surface area contributed by atoms with Crippen LogP contribution in [0, 0.1) is 0 Å². The van der Waals surface area contributed by atoms with E-state index in [4.69, 9.17) is 0 Å². The summed E-state index contributed by atoms with van der Waals surface area (Å²) in [5.74, 6) is -1.42. The number of nitrogens with zero attached hydrogens (tertiary/aromatic N) is 1. The Labute approximate surface area is 110 Å². The van der Waals surface area contributed by atoms with Crippen molar-refractivity contribution in [3.8, 4) is 11.5 Å². The van der Waals surface area contributed by atoms with Crippen molar-refractivity contribution in [2.75, 3.05) is 0 Å². The summed E-state index contributed by atoms with van der Waals surface area (Å²) in [7, 11) is 0. The quantitative estimate of drug-likeness (QED) is 0.486. The van der Waals surface area contributed by atoms with Crippen LogP contribution in [0.3, 0.4) is 0 Å². The molecule has 6 heteroatoms. The van der Waals surface area contributed by atoms with Gasteiger partial charge < -0.3 is 10.2 Å². The maximum Gasteiger partial charge on any atom is 0.418 e. The molecule has 0 atom stereocenters. The van der Waals surface area contributed by atoms with Crippen LogP contribution in [0.2, 0.25) is 0 Å². The average Bonchev–Trinajstić information content (AvgIpc) is 2.40. The van der Waals surface area contributed by atoms with E-state index in [1.54, 1.807) is 24.3 Å². The molecule has 0 saturated heterocycles. The number of fused-ring (bicyclic) bond motifs is 2. The van der Waals surface area contributed by atoms with Gasteiger partial charge in [0, 0.05) is 10.8 Å². The molecule has 0 amide bonds. The number of benzene rings is 2. The van der Waals surface area contributed by atoms with Gasteiger partial charge in [-0.3, -0.25) is 0 Å². The van der Waals surface area contributed by atoms with Crippen LogP contribution >= 0.6 is 0 Å². The lowest BCUT2D eigenvalue weighted by Crippen LogP contribution is -2.06. The molecule has 20 heavy (non-hydrogen) atoms. The zero-order valence-electron chi connectivity index (χ0n) is 9.94. The summed E-state index contributed by atoms with van der Waals surface area (Å²) in [5, 5.41) is 19.7. The van der Waals surface area contributed by atoms with Gasteiger partial charge in [0.1, 0.15) is 0 Å². The van der Waals surface area contributed by atoms with E-state index in [9.17, 15) is 23.4 Å². The summed E-state index contributed by atoms with van der Waals surface area (Å²) >= 11 is 0. The van der Waals surface area contributed by atoms with Gasteiger partial charge in [-0.25, -0.2) is 4.98 Å². The molecule has 0 aliphatic carbocycles. The van der Waals surface area contributed by atoms with Crippen LogP contribution in [0.4, 0.5) is 13.2 Å². The molecule has 1 heterocycles. The molecule has 2 aromatic carbocycles. The first-order valence-electron chi connectivity index (χ1n) is 5.69. The zero-order valence-corrected chi connectivity index (χ0v) is 9.94. The fourth-order valence-corrected chi connectivity index (χ4v) is 2.13. The van der Waals surface area contributed by atoms with E-state index in [0.717, 1.165) is 0 Å². The van der Waals surface area contributed by atoms with Crippen LogP contribution in [0.1, 0.15) is 5.56 Å². The summed E-state index contributed by atoms with van der Waals surface area (Å²) in [5.41, 5.74) is -1.07. The molecule has 0 radical (unpaired) electrons. The second-order valence-electron chi connectivity index (χ2n) is 4.37. The topological polar surface area (TPSA) is 53.4 Å². The molecule has 3 nitrogen and oxygen atoms in total. The van der Waals surface area contributed by atoms with Crippen LogP contribution in [0.5, 0.6) is 11.5 Å². The summed E-state index contributed by atoms with van der Waals surface area (Å²) in [6, 6.07) is 8.48. The third-order valence-corrected chi connectivity index (χ3v) is 3.06. The second-order valence-corrected chi connectivity index (χ2v) is 4.37. The van der Waals surface area contributed by atoms with E-state index in [1.807, 2.05) is 0 Å². The highest BCUT2D eigenvalue weighted by atomic mass is 19.4. The molecule has 0 fully saturated rings. The number of rotatable bonds is 0. The standard InChI is InChI=1S/C14H8F3NO2/c15-14(16,17)9-6-11(19)13(20)8-5-7-3-1-2-4-10(7)18-12(8)9/h1-6,19-20H. The smallest absolute Gasteiger partial charge is 0.418 e. The van der Waals surface area contributed by atoms with Gasteiger partial charge >= 0.3 is 6.18 Å². The Morgan fingerprint density at radius 1 is 1.00 bits per heavy atom. The maximum absolute atomic E-state index is 13.0. The SMILES string of the molecule is Oc1cc(C(F)(F)F)c2nc3ccccc3cc2c1O. The first-order valence-corrected chi connectivity index (χ1v) is 5.69. The fraction of sp³-hybridized carbons (Fsp3) is 0.0714. The Balaban J connectivity index is 2.52. The number of hydrogen-bond donors (Lipinski definition) is 2. The van der Waals surface area contributed by atoms with Crippen LogP contribution in [-0.2, 0) is 6.18 Å². The normalized spacial score (nSPS) is 12.2. The lowest BCUT2D eigenvalue weighted by Gasteiger charge is -2.12. The molecule has 0 unspecified atom stereocenters. The minimum absolute atomic E-state index is 0.129. The highest BCUT2D eigenvalue weighted by Crippen LogP contribution is 2.42. The number of aromatic hydroxyl groups is 2. The Morgan fingerprint density at radius 2 is 1.70 bits per heavy atom. The van der Waals surface area contributed by atoms with Gasteiger partial charge in [0.15, 0.2) is 11.5 Å². The van der Waals surface area contributed by atoms with Gasteiger partial charge in [0.05, 0.1) is 16.6 Å². The van der Waals surface area contributed by atoms with E-state index in [2.05, 4.69) is 4.98 Å². The third-order valence-electron chi connectivity index (χ3n) is 3.06. The van der Waals surface area contributed by atoms with Gasteiger partial charge in [-0.05, 0) is 18.2 Å². The number of pyridine rings is 1. The first-order chi connectivity index (χ1) is 9.38. The molecule has 3 aromatic rings. The molecular formula is C14H8F3NO2. The van der Waals surface area contributed by atoms with Gasteiger partial charge in [-0.2, -0.15) is 13.2 Å². The molecule has 0 aliphatic heterocycles. The van der Waals surface area contributed by atoms with Gasteiger partial charge in [-0.15, -0.1) is 0 Å². The maximum atomic E-state index is 13.0. The highest BCUT2D eigenvalue weighted by Gasteiger charge is 2.35. The van der Waals surface area contributed by atoms with Crippen LogP contribution in [-0.4, -0.2) is 15.2 Å². The monoisotopic (exact) mass is 279 g/mol. The van der Waals surface area contributed by atoms with Gasteiger partial charge in [-0.1, -0.05) is 18.2 Å². The van der Waals surface area contributed by atoms with E-state index in [0.29, 0.717) is 17.0 Å². The largest absolute Gasteiger partial charge is 0.504 e. The van der Waals surface area contributed by atoms with Crippen molar-refractivity contribution >= 4 is 21.8 Å². The van der Waals surface area contributed by atoms with Crippen molar-refractivity contribution in [3.05, 3.63) is 42.0 Å². The van der Waals surface area contributed by atoms with Crippen molar-refractivity contribution in [3.63, 3.8) is 0 Å². The molecule has 2 N–H and O–H groups in total. The number of para-hydroxylation sites is 1. The van der Waals surface area contributed by atoms with Crippen molar-refractivity contribution in [2.45, 2.75) is 6.18 Å². The molecule has 3 rings (SSSR count). The lowest BCUT2D eigenvalue weighted by molar-refractivity contribution is -0.136. The fourth-order valence-electron chi connectivity index (χ4n) is 2.13. The second kappa shape index (κ2) is 4.00. The number of hydrogen-bond acceptors (Lipinski definition) is 3. The molecule has 0 bridgehead atoms. The Hall–Kier alpha value is -2.50. The van der Waals surface area contributed by atoms with Crippen molar-refractivity contribution < 1.29 is 23.4 Å². The van der Waals surface area contributed by atoms with Crippen LogP contribution < -0.4 is 0 Å². The molecular weight excluding hydrogens is 271 g/mol. The Kier molecular flexibility index (Phi) is 2.50. The van der Waals surface area contributed by atoms with Crippen molar-refractivity contribution in [1.29, 1.82) is 0 Å². The molecule has 1 aromatic heterocycles. The predicted molar refractivity (Wildman–Crippen MR) is 67.6 cm³/mol. The van der Waals surface area contributed by atoms with Gasteiger partial charge in [0.25, 0.3) is 0 Å². The lowest BCUT2D eigenvalue weighted by atomic mass is 10.0. The third kappa shape index (κ3) is 1.80. The van der Waals surface area contributed by atoms with Crippen molar-refractivity contribution in [1.82, 2.24) is 4.98 Å². The Bertz CT molecular complexity index is 828. The van der Waals surface area contributed by atoms with E-state index in [-0.39, 0.29) is 10.9 Å². The first kappa shape index (κ1) is 12.5. The Morgan fingerprint density at radius 3 is 2.40 bits per heavy atom.